The summed E-state index contributed by atoms with van der Waals surface area (Å²) in [4.78, 5) is 11.8. The van der Waals surface area contributed by atoms with Gasteiger partial charge in [-0.2, -0.15) is 0 Å². The van der Waals surface area contributed by atoms with Crippen molar-refractivity contribution in [3.05, 3.63) is 0 Å². The number of esters is 1. The van der Waals surface area contributed by atoms with Crippen LogP contribution < -0.4 is 5.32 Å². The van der Waals surface area contributed by atoms with Crippen molar-refractivity contribution < 1.29 is 18.3 Å². The van der Waals surface area contributed by atoms with Crippen molar-refractivity contribution >= 4 is 5.97 Å². The van der Waals surface area contributed by atoms with E-state index in [0.29, 0.717) is 13.0 Å². The molecule has 0 bridgehead atoms. The summed E-state index contributed by atoms with van der Waals surface area (Å²) < 4.78 is 31.7. The van der Waals surface area contributed by atoms with Gasteiger partial charge in [-0.15, -0.1) is 0 Å². The average Bonchev–Trinajstić information content (AvgIpc) is 2.67. The van der Waals surface area contributed by atoms with Gasteiger partial charge < -0.3 is 10.1 Å². The van der Waals surface area contributed by atoms with Gasteiger partial charge in [0.15, 0.2) is 0 Å². The number of carbonyl (C=O) groups excluding carboxylic acids is 1. The molecule has 92 valence electrons. The summed E-state index contributed by atoms with van der Waals surface area (Å²) in [6, 6.07) is -0.821. The minimum atomic E-state index is -2.74. The highest BCUT2D eigenvalue weighted by atomic mass is 19.3. The molecule has 5 heteroatoms. The van der Waals surface area contributed by atoms with Crippen LogP contribution in [0.25, 0.3) is 0 Å². The van der Waals surface area contributed by atoms with E-state index in [-0.39, 0.29) is 0 Å². The molecule has 16 heavy (non-hydrogen) atoms. The lowest BCUT2D eigenvalue weighted by atomic mass is 9.96. The lowest BCUT2D eigenvalue weighted by Crippen LogP contribution is -2.37. The van der Waals surface area contributed by atoms with Gasteiger partial charge in [0.2, 0.25) is 0 Å². The number of fused-ring (bicyclic) bond motifs is 1. The van der Waals surface area contributed by atoms with Gasteiger partial charge in [0, 0.05) is 0 Å². The largest absolute Gasteiger partial charge is 0.460 e. The maximum Gasteiger partial charge on any atom is 0.310 e. The predicted molar refractivity (Wildman–Crippen MR) is 54.2 cm³/mol. The topological polar surface area (TPSA) is 38.3 Å². The highest BCUT2D eigenvalue weighted by molar-refractivity contribution is 5.74. The zero-order chi connectivity index (χ0) is 12.1. The Morgan fingerprint density at radius 3 is 2.62 bits per heavy atom. The molecule has 3 atom stereocenters. The molecule has 1 heterocycles. The Bertz CT molecular complexity index is 312. The molecule has 0 spiro atoms. The highest BCUT2D eigenvalue weighted by Crippen LogP contribution is 2.56. The summed E-state index contributed by atoms with van der Waals surface area (Å²) in [5, 5.41) is 2.74. The molecule has 0 aromatic rings. The molecule has 2 fully saturated rings. The zero-order valence-electron chi connectivity index (χ0n) is 9.72. The summed E-state index contributed by atoms with van der Waals surface area (Å²) in [5.74, 6) is -4.74. The summed E-state index contributed by atoms with van der Waals surface area (Å²) in [6.45, 7) is 5.69. The van der Waals surface area contributed by atoms with Gasteiger partial charge in [0.05, 0.1) is 17.9 Å². The fraction of sp³-hybridized carbons (Fsp3) is 0.909. The molecule has 2 rings (SSSR count). The van der Waals surface area contributed by atoms with Crippen molar-refractivity contribution in [2.24, 2.45) is 11.8 Å². The second-order valence-electron chi connectivity index (χ2n) is 5.56. The minimum Gasteiger partial charge on any atom is -0.460 e. The van der Waals surface area contributed by atoms with Gasteiger partial charge in [-0.3, -0.25) is 4.79 Å². The van der Waals surface area contributed by atoms with Crippen molar-refractivity contribution in [2.45, 2.75) is 44.8 Å². The van der Waals surface area contributed by atoms with E-state index in [1.165, 1.54) is 0 Å². The Balaban J connectivity index is 2.02. The molecule has 0 aromatic carbocycles. The maximum absolute atomic E-state index is 13.3. The normalized spacial score (nSPS) is 36.4. The SMILES string of the molecule is CC(C)(C)OC(=O)C1CCNC2C1C2(F)F. The molecule has 1 saturated heterocycles. The van der Waals surface area contributed by atoms with Crippen molar-refractivity contribution in [2.75, 3.05) is 6.54 Å². The molecule has 1 aliphatic carbocycles. The number of alkyl halides is 2. The molecule has 0 radical (unpaired) electrons. The monoisotopic (exact) mass is 233 g/mol. The van der Waals surface area contributed by atoms with E-state index in [1.54, 1.807) is 20.8 Å². The van der Waals surface area contributed by atoms with Crippen LogP contribution in [0, 0.1) is 11.8 Å². The molecular weight excluding hydrogens is 216 g/mol. The Hall–Kier alpha value is -0.710. The highest BCUT2D eigenvalue weighted by Gasteiger charge is 2.73. The first kappa shape index (κ1) is 11.8. The van der Waals surface area contributed by atoms with Gasteiger partial charge in [-0.25, -0.2) is 8.78 Å². The van der Waals surface area contributed by atoms with E-state index < -0.39 is 35.4 Å². The third-order valence-corrected chi connectivity index (χ3v) is 3.07. The number of rotatable bonds is 1. The first-order chi connectivity index (χ1) is 7.23. The van der Waals surface area contributed by atoms with Gasteiger partial charge in [0.25, 0.3) is 5.92 Å². The second kappa shape index (κ2) is 3.39. The number of piperidine rings is 1. The van der Waals surface area contributed by atoms with Crippen LogP contribution in [0.3, 0.4) is 0 Å². The Kier molecular flexibility index (Phi) is 2.49. The zero-order valence-corrected chi connectivity index (χ0v) is 9.72. The molecule has 2 aliphatic rings. The van der Waals surface area contributed by atoms with Crippen LogP contribution >= 0.6 is 0 Å². The standard InChI is InChI=1S/C11H17F2NO2/c1-10(2,3)16-9(15)6-4-5-14-8-7(6)11(8,12)13/h6-8,14H,4-5H2,1-3H3. The van der Waals surface area contributed by atoms with Crippen molar-refractivity contribution in [3.63, 3.8) is 0 Å². The van der Waals surface area contributed by atoms with Crippen LogP contribution in [0.5, 0.6) is 0 Å². The summed E-state index contributed by atoms with van der Waals surface area (Å²) >= 11 is 0. The summed E-state index contributed by atoms with van der Waals surface area (Å²) in [7, 11) is 0. The van der Waals surface area contributed by atoms with E-state index in [4.69, 9.17) is 4.74 Å². The fourth-order valence-corrected chi connectivity index (χ4v) is 2.33. The quantitative estimate of drug-likeness (QED) is 0.699. The lowest BCUT2D eigenvalue weighted by Gasteiger charge is -2.25. The van der Waals surface area contributed by atoms with Crippen LogP contribution in [0.1, 0.15) is 27.2 Å². The van der Waals surface area contributed by atoms with E-state index in [1.807, 2.05) is 0 Å². The molecule has 1 aliphatic heterocycles. The molecule has 1 N–H and O–H groups in total. The van der Waals surface area contributed by atoms with Crippen LogP contribution in [-0.4, -0.2) is 30.1 Å². The van der Waals surface area contributed by atoms with E-state index in [0.717, 1.165) is 0 Å². The smallest absolute Gasteiger partial charge is 0.310 e. The van der Waals surface area contributed by atoms with Gasteiger partial charge >= 0.3 is 5.97 Å². The van der Waals surface area contributed by atoms with Crippen molar-refractivity contribution in [3.8, 4) is 0 Å². The number of ether oxygens (including phenoxy) is 1. The Morgan fingerprint density at radius 1 is 1.44 bits per heavy atom. The molecule has 0 aromatic heterocycles. The van der Waals surface area contributed by atoms with Gasteiger partial charge in [-0.05, 0) is 33.7 Å². The van der Waals surface area contributed by atoms with E-state index in [9.17, 15) is 13.6 Å². The second-order valence-corrected chi connectivity index (χ2v) is 5.56. The molecule has 3 nitrogen and oxygen atoms in total. The van der Waals surface area contributed by atoms with Crippen LogP contribution in [0.15, 0.2) is 0 Å². The predicted octanol–water partition coefficient (Wildman–Crippen LogP) is 1.57. The maximum atomic E-state index is 13.3. The minimum absolute atomic E-state index is 0.436. The van der Waals surface area contributed by atoms with Crippen LogP contribution in [0.2, 0.25) is 0 Å². The van der Waals surface area contributed by atoms with Gasteiger partial charge in [0.1, 0.15) is 5.60 Å². The lowest BCUT2D eigenvalue weighted by molar-refractivity contribution is -0.162. The number of carbonyl (C=O) groups is 1. The third kappa shape index (κ3) is 1.93. The van der Waals surface area contributed by atoms with Crippen LogP contribution in [0.4, 0.5) is 8.78 Å². The van der Waals surface area contributed by atoms with Crippen molar-refractivity contribution in [1.82, 2.24) is 5.32 Å². The van der Waals surface area contributed by atoms with Crippen LogP contribution in [-0.2, 0) is 9.53 Å². The van der Waals surface area contributed by atoms with Gasteiger partial charge in [-0.1, -0.05) is 0 Å². The molecular formula is C11H17F2NO2. The third-order valence-electron chi connectivity index (χ3n) is 3.07. The summed E-state index contributed by atoms with van der Waals surface area (Å²) in [5.41, 5.74) is -0.609. The summed E-state index contributed by atoms with van der Waals surface area (Å²) in [6.07, 6.45) is 0.436. The van der Waals surface area contributed by atoms with Crippen molar-refractivity contribution in [1.29, 1.82) is 0 Å². The molecule has 3 unspecified atom stereocenters. The Morgan fingerprint density at radius 2 is 2.06 bits per heavy atom. The first-order valence-corrected chi connectivity index (χ1v) is 5.57. The molecule has 1 saturated carbocycles. The molecule has 0 amide bonds. The van der Waals surface area contributed by atoms with E-state index >= 15 is 0 Å². The first-order valence-electron chi connectivity index (χ1n) is 5.57. The number of nitrogens with one attached hydrogen (secondary N) is 1. The number of halogens is 2. The number of hydrogen-bond acceptors (Lipinski definition) is 3. The Labute approximate surface area is 93.5 Å². The number of hydrogen-bond donors (Lipinski definition) is 1. The average molecular weight is 233 g/mol. The fourth-order valence-electron chi connectivity index (χ4n) is 2.33. The van der Waals surface area contributed by atoms with E-state index in [2.05, 4.69) is 5.32 Å².